The average molecular weight is 284 g/mol. The lowest BCUT2D eigenvalue weighted by Crippen LogP contribution is -2.23. The molecule has 1 aromatic heterocycles. The topological polar surface area (TPSA) is 34.1 Å². The summed E-state index contributed by atoms with van der Waals surface area (Å²) in [6.45, 7) is 7.92. The second kappa shape index (κ2) is 7.79. The third-order valence-electron chi connectivity index (χ3n) is 3.46. The molecule has 2 aromatic rings. The summed E-state index contributed by atoms with van der Waals surface area (Å²) in [7, 11) is 0. The number of aromatic nitrogens is 1. The van der Waals surface area contributed by atoms with Crippen LogP contribution in [0.2, 0.25) is 0 Å². The van der Waals surface area contributed by atoms with Gasteiger partial charge in [0.2, 0.25) is 0 Å². The Balaban J connectivity index is 2.41. The molecule has 0 bridgehead atoms. The molecule has 1 atom stereocenters. The van der Waals surface area contributed by atoms with Gasteiger partial charge >= 0.3 is 0 Å². The zero-order valence-corrected chi connectivity index (χ0v) is 13.1. The van der Waals surface area contributed by atoms with Gasteiger partial charge in [-0.25, -0.2) is 0 Å². The molecule has 0 spiro atoms. The molecule has 2 rings (SSSR count). The van der Waals surface area contributed by atoms with Crippen molar-refractivity contribution in [3.63, 3.8) is 0 Å². The summed E-state index contributed by atoms with van der Waals surface area (Å²) in [5, 5.41) is 3.55. The summed E-state index contributed by atoms with van der Waals surface area (Å²) >= 11 is 0. The average Bonchev–Trinajstić information content (AvgIpc) is 2.52. The molecular formula is C18H24N2O. The van der Waals surface area contributed by atoms with Gasteiger partial charge in [-0.05, 0) is 37.6 Å². The van der Waals surface area contributed by atoms with Crippen LogP contribution >= 0.6 is 0 Å². The molecular weight excluding hydrogens is 260 g/mol. The zero-order chi connectivity index (χ0) is 15.1. The van der Waals surface area contributed by atoms with Crippen LogP contribution in [0.25, 0.3) is 0 Å². The molecule has 0 radical (unpaired) electrons. The molecule has 0 fully saturated rings. The van der Waals surface area contributed by atoms with Gasteiger partial charge in [-0.3, -0.25) is 4.98 Å². The largest absolute Gasteiger partial charge is 0.493 e. The van der Waals surface area contributed by atoms with Gasteiger partial charge in [0.05, 0.1) is 12.6 Å². The number of nitrogens with zero attached hydrogens (tertiary/aromatic N) is 1. The van der Waals surface area contributed by atoms with Crippen molar-refractivity contribution in [1.82, 2.24) is 10.3 Å². The van der Waals surface area contributed by atoms with Crippen LogP contribution in [0, 0.1) is 6.92 Å². The number of ether oxygens (including phenoxy) is 1. The molecule has 0 amide bonds. The number of nitrogens with one attached hydrogen (secondary N) is 1. The van der Waals surface area contributed by atoms with Crippen LogP contribution in [0.3, 0.4) is 0 Å². The summed E-state index contributed by atoms with van der Waals surface area (Å²) in [4.78, 5) is 4.42. The van der Waals surface area contributed by atoms with Crippen LogP contribution in [0.15, 0.2) is 42.6 Å². The van der Waals surface area contributed by atoms with Crippen molar-refractivity contribution in [2.45, 2.75) is 33.2 Å². The fourth-order valence-electron chi connectivity index (χ4n) is 2.46. The maximum absolute atomic E-state index is 5.91. The predicted molar refractivity (Wildman–Crippen MR) is 86.7 cm³/mol. The minimum Gasteiger partial charge on any atom is -0.493 e. The van der Waals surface area contributed by atoms with Gasteiger partial charge in [-0.2, -0.15) is 0 Å². The van der Waals surface area contributed by atoms with Crippen molar-refractivity contribution >= 4 is 0 Å². The minimum absolute atomic E-state index is 0.108. The molecule has 3 nitrogen and oxygen atoms in total. The van der Waals surface area contributed by atoms with Gasteiger partial charge < -0.3 is 10.1 Å². The molecule has 0 aliphatic heterocycles. The first-order chi connectivity index (χ1) is 10.3. The normalized spacial score (nSPS) is 12.1. The highest BCUT2D eigenvalue weighted by molar-refractivity contribution is 5.42. The van der Waals surface area contributed by atoms with Gasteiger partial charge in [-0.1, -0.05) is 38.1 Å². The monoisotopic (exact) mass is 284 g/mol. The summed E-state index contributed by atoms with van der Waals surface area (Å²) < 4.78 is 5.91. The molecule has 0 saturated heterocycles. The molecule has 1 heterocycles. The predicted octanol–water partition coefficient (Wildman–Crippen LogP) is 3.88. The molecule has 3 heteroatoms. The van der Waals surface area contributed by atoms with E-state index in [-0.39, 0.29) is 6.04 Å². The van der Waals surface area contributed by atoms with E-state index in [0.717, 1.165) is 31.0 Å². The zero-order valence-electron chi connectivity index (χ0n) is 13.1. The van der Waals surface area contributed by atoms with Crippen LogP contribution < -0.4 is 10.1 Å². The lowest BCUT2D eigenvalue weighted by molar-refractivity contribution is 0.311. The Morgan fingerprint density at radius 2 is 1.86 bits per heavy atom. The molecule has 1 unspecified atom stereocenters. The van der Waals surface area contributed by atoms with E-state index < -0.39 is 0 Å². The van der Waals surface area contributed by atoms with Crippen molar-refractivity contribution in [2.24, 2.45) is 0 Å². The molecule has 1 aromatic carbocycles. The van der Waals surface area contributed by atoms with Gasteiger partial charge in [-0.15, -0.1) is 0 Å². The maximum atomic E-state index is 5.91. The van der Waals surface area contributed by atoms with Crippen LogP contribution in [0.4, 0.5) is 0 Å². The van der Waals surface area contributed by atoms with Gasteiger partial charge in [0.25, 0.3) is 0 Å². The Bertz CT molecular complexity index is 569. The van der Waals surface area contributed by atoms with Crippen molar-refractivity contribution in [1.29, 1.82) is 0 Å². The van der Waals surface area contributed by atoms with E-state index in [1.165, 1.54) is 11.1 Å². The Morgan fingerprint density at radius 3 is 2.57 bits per heavy atom. The lowest BCUT2D eigenvalue weighted by atomic mass is 9.96. The van der Waals surface area contributed by atoms with Crippen molar-refractivity contribution in [3.8, 4) is 5.75 Å². The number of benzene rings is 1. The number of pyridine rings is 1. The third kappa shape index (κ3) is 3.82. The number of para-hydroxylation sites is 1. The van der Waals surface area contributed by atoms with E-state index >= 15 is 0 Å². The van der Waals surface area contributed by atoms with E-state index in [4.69, 9.17) is 4.74 Å². The summed E-state index contributed by atoms with van der Waals surface area (Å²) in [5.41, 5.74) is 3.42. The lowest BCUT2D eigenvalue weighted by Gasteiger charge is -2.23. The Hall–Kier alpha value is -1.87. The van der Waals surface area contributed by atoms with E-state index in [2.05, 4.69) is 49.3 Å². The number of rotatable bonds is 7. The Morgan fingerprint density at radius 1 is 1.10 bits per heavy atom. The molecule has 1 N–H and O–H groups in total. The van der Waals surface area contributed by atoms with Crippen LogP contribution in [-0.4, -0.2) is 18.1 Å². The van der Waals surface area contributed by atoms with Crippen molar-refractivity contribution in [2.75, 3.05) is 13.2 Å². The molecule has 0 aliphatic rings. The third-order valence-corrected chi connectivity index (χ3v) is 3.46. The number of hydrogen-bond acceptors (Lipinski definition) is 3. The summed E-state index contributed by atoms with van der Waals surface area (Å²) in [6.07, 6.45) is 2.84. The second-order valence-corrected chi connectivity index (χ2v) is 5.06. The first-order valence-corrected chi connectivity index (χ1v) is 7.64. The van der Waals surface area contributed by atoms with Crippen molar-refractivity contribution in [3.05, 3.63) is 59.4 Å². The highest BCUT2D eigenvalue weighted by atomic mass is 16.5. The van der Waals surface area contributed by atoms with E-state index in [0.29, 0.717) is 0 Å². The van der Waals surface area contributed by atoms with Gasteiger partial charge in [0.15, 0.2) is 0 Å². The SMILES string of the molecule is CCCOc1ccccc1C(NCC)c1cccnc1C. The van der Waals surface area contributed by atoms with Crippen LogP contribution in [-0.2, 0) is 0 Å². The maximum Gasteiger partial charge on any atom is 0.124 e. The quantitative estimate of drug-likeness (QED) is 0.838. The Kier molecular flexibility index (Phi) is 5.76. The molecule has 112 valence electrons. The van der Waals surface area contributed by atoms with E-state index in [1.54, 1.807) is 0 Å². The van der Waals surface area contributed by atoms with E-state index in [9.17, 15) is 0 Å². The standard InChI is InChI=1S/C18H24N2O/c1-4-13-21-17-11-7-6-9-16(17)18(19-5-2)15-10-8-12-20-14(15)3/h6-12,18-19H,4-5,13H2,1-3H3. The highest BCUT2D eigenvalue weighted by Crippen LogP contribution is 2.31. The van der Waals surface area contributed by atoms with Gasteiger partial charge in [0, 0.05) is 17.5 Å². The smallest absolute Gasteiger partial charge is 0.124 e. The summed E-state index contributed by atoms with van der Waals surface area (Å²) in [6, 6.07) is 12.5. The number of hydrogen-bond donors (Lipinski definition) is 1. The Labute approximate surface area is 127 Å². The number of aryl methyl sites for hydroxylation is 1. The highest BCUT2D eigenvalue weighted by Gasteiger charge is 2.19. The van der Waals surface area contributed by atoms with Crippen LogP contribution in [0.1, 0.15) is 43.1 Å². The second-order valence-electron chi connectivity index (χ2n) is 5.06. The molecule has 0 saturated carbocycles. The first kappa shape index (κ1) is 15.5. The van der Waals surface area contributed by atoms with Crippen LogP contribution in [0.5, 0.6) is 5.75 Å². The van der Waals surface area contributed by atoms with Gasteiger partial charge in [0.1, 0.15) is 5.75 Å². The van der Waals surface area contributed by atoms with Crippen molar-refractivity contribution < 1.29 is 4.74 Å². The van der Waals surface area contributed by atoms with E-state index in [1.807, 2.05) is 24.4 Å². The summed E-state index contributed by atoms with van der Waals surface area (Å²) in [5.74, 6) is 0.952. The molecule has 21 heavy (non-hydrogen) atoms. The minimum atomic E-state index is 0.108. The first-order valence-electron chi connectivity index (χ1n) is 7.64. The molecule has 0 aliphatic carbocycles. The fourth-order valence-corrected chi connectivity index (χ4v) is 2.46. The fraction of sp³-hybridized carbons (Fsp3) is 0.389.